The first-order valence-electron chi connectivity index (χ1n) is 8.34. The molecule has 0 aliphatic heterocycles. The Morgan fingerprint density at radius 1 is 1.08 bits per heavy atom. The van der Waals surface area contributed by atoms with Crippen molar-refractivity contribution >= 4 is 16.3 Å². The van der Waals surface area contributed by atoms with Gasteiger partial charge >= 0.3 is 157 Å². The van der Waals surface area contributed by atoms with Crippen LogP contribution in [0.3, 0.4) is 0 Å². The van der Waals surface area contributed by atoms with E-state index >= 15 is 0 Å². The number of likely N-dealkylation sites (N-methyl/N-ethyl adjacent to an activating group) is 1. The molecule has 0 saturated heterocycles. The summed E-state index contributed by atoms with van der Waals surface area (Å²) >= 11 is 1.80. The second-order valence-corrected chi connectivity index (χ2v) is 7.53. The van der Waals surface area contributed by atoms with Crippen LogP contribution in [0, 0.1) is 0 Å². The van der Waals surface area contributed by atoms with E-state index in [1.807, 2.05) is 0 Å². The summed E-state index contributed by atoms with van der Waals surface area (Å²) in [5.74, 6) is 0. The van der Waals surface area contributed by atoms with E-state index in [1.54, 1.807) is 20.8 Å². The van der Waals surface area contributed by atoms with Crippen LogP contribution in [-0.4, -0.2) is 25.5 Å². The summed E-state index contributed by atoms with van der Waals surface area (Å²) in [7, 11) is 4.23. The van der Waals surface area contributed by atoms with Gasteiger partial charge in [0.25, 0.3) is 0 Å². The predicted molar refractivity (Wildman–Crippen MR) is 97.3 cm³/mol. The zero-order valence-corrected chi connectivity index (χ0v) is 18.7. The van der Waals surface area contributed by atoms with E-state index in [0.717, 1.165) is 13.0 Å². The fourth-order valence-electron chi connectivity index (χ4n) is 3.48. The van der Waals surface area contributed by atoms with Crippen molar-refractivity contribution in [2.45, 2.75) is 25.9 Å². The van der Waals surface area contributed by atoms with Crippen molar-refractivity contribution in [1.29, 1.82) is 0 Å². The largest absolute Gasteiger partial charge is 1.00 e. The topological polar surface area (TPSA) is 12.5 Å². The molecule has 5 heteroatoms. The molecule has 0 N–H and O–H groups in total. The molecule has 3 rings (SSSR count). The number of rotatable bonds is 5. The summed E-state index contributed by atoms with van der Waals surface area (Å²) in [6.07, 6.45) is 5.68. The van der Waals surface area contributed by atoms with E-state index in [4.69, 9.17) is 3.32 Å². The number of allylic oxidation sites excluding steroid dienone is 2. The summed E-state index contributed by atoms with van der Waals surface area (Å²) in [6, 6.07) is 13.1. The van der Waals surface area contributed by atoms with Crippen LogP contribution in [0.5, 0.6) is 0 Å². The van der Waals surface area contributed by atoms with Gasteiger partial charge < -0.3 is 24.8 Å². The second-order valence-electron chi connectivity index (χ2n) is 7.21. The first-order valence-corrected chi connectivity index (χ1v) is 8.98. The molecule has 0 heterocycles. The van der Waals surface area contributed by atoms with Crippen molar-refractivity contribution in [2.75, 3.05) is 20.6 Å². The molecule has 2 aromatic rings. The molecule has 0 radical (unpaired) electrons. The third-order valence-corrected chi connectivity index (χ3v) is 5.37. The molecule has 0 spiro atoms. The SMILES string of the molecule is CN(C)CC1=CCC(c2ccc3ccccc3c2C(C)(C)[O][Ti+2])=C1.[Cl-].[Cl-]. The molecular formula is C21H24Cl2NOTi. The number of nitrogens with zero attached hydrogens (tertiary/aromatic N) is 1. The molecule has 0 bridgehead atoms. The molecule has 26 heavy (non-hydrogen) atoms. The Balaban J connectivity index is 0.00000169. The quantitative estimate of drug-likeness (QED) is 0.561. The fourth-order valence-corrected chi connectivity index (χ4v) is 3.64. The molecule has 1 aliphatic carbocycles. The average molecular weight is 425 g/mol. The van der Waals surface area contributed by atoms with Gasteiger partial charge in [0.15, 0.2) is 0 Å². The van der Waals surface area contributed by atoms with Crippen LogP contribution < -0.4 is 24.8 Å². The Labute approximate surface area is 181 Å². The summed E-state index contributed by atoms with van der Waals surface area (Å²) < 4.78 is 5.87. The summed E-state index contributed by atoms with van der Waals surface area (Å²) in [6.45, 7) is 5.30. The van der Waals surface area contributed by atoms with Gasteiger partial charge in [0.05, 0.1) is 0 Å². The van der Waals surface area contributed by atoms with Crippen LogP contribution >= 0.6 is 0 Å². The van der Waals surface area contributed by atoms with Gasteiger partial charge in [-0.3, -0.25) is 0 Å². The van der Waals surface area contributed by atoms with Crippen LogP contribution in [0.2, 0.25) is 0 Å². The van der Waals surface area contributed by atoms with Crippen molar-refractivity contribution in [3.8, 4) is 0 Å². The Bertz CT molecular complexity index is 828. The van der Waals surface area contributed by atoms with Gasteiger partial charge in [0.2, 0.25) is 0 Å². The van der Waals surface area contributed by atoms with Crippen molar-refractivity contribution in [2.24, 2.45) is 0 Å². The number of benzene rings is 2. The Hall–Kier alpha value is -0.606. The Kier molecular flexibility index (Phi) is 8.61. The van der Waals surface area contributed by atoms with E-state index in [1.165, 1.54) is 33.0 Å². The minimum Gasteiger partial charge on any atom is -1.00 e. The normalized spacial score (nSPS) is 14.0. The van der Waals surface area contributed by atoms with Crippen LogP contribution in [0.1, 0.15) is 31.4 Å². The monoisotopic (exact) mass is 424 g/mol. The maximum atomic E-state index is 5.87. The predicted octanol–water partition coefficient (Wildman–Crippen LogP) is -1.16. The summed E-state index contributed by atoms with van der Waals surface area (Å²) in [5, 5.41) is 2.55. The van der Waals surface area contributed by atoms with Crippen LogP contribution in [0.25, 0.3) is 16.3 Å². The third kappa shape index (κ3) is 4.81. The van der Waals surface area contributed by atoms with Crippen molar-refractivity contribution in [3.05, 3.63) is 65.3 Å². The zero-order chi connectivity index (χ0) is 17.3. The minimum atomic E-state index is -0.332. The minimum absolute atomic E-state index is 0. The standard InChI is InChI=1S/C21H24NO.2ClH.Ti/c1-21(2,23)20-18-8-6-5-7-16(18)11-12-19(20)17-10-9-15(13-17)14-22(3)4;;;/h5-9,11-13H,10,14H2,1-4H3;2*1H;/q-1;;;+3/p-2. The first kappa shape index (κ1) is 23.4. The maximum Gasteiger partial charge on any atom is -1.00 e. The first-order chi connectivity index (χ1) is 11.4. The fraction of sp³-hybridized carbons (Fsp3) is 0.333. The Morgan fingerprint density at radius 2 is 1.77 bits per heavy atom. The van der Waals surface area contributed by atoms with Crippen LogP contribution in [0.4, 0.5) is 0 Å². The number of halogens is 2. The van der Waals surface area contributed by atoms with Gasteiger partial charge in [-0.05, 0) is 0 Å². The second kappa shape index (κ2) is 9.55. The van der Waals surface area contributed by atoms with Gasteiger partial charge in [-0.25, -0.2) is 0 Å². The van der Waals surface area contributed by atoms with Crippen molar-refractivity contribution in [3.63, 3.8) is 0 Å². The molecule has 0 fully saturated rings. The third-order valence-electron chi connectivity index (χ3n) is 4.57. The maximum absolute atomic E-state index is 5.87. The molecule has 0 unspecified atom stereocenters. The molecule has 0 saturated carbocycles. The molecule has 1 aliphatic rings. The van der Waals surface area contributed by atoms with Crippen LogP contribution in [-0.2, 0) is 29.7 Å². The molecule has 0 amide bonds. The molecule has 0 atom stereocenters. The van der Waals surface area contributed by atoms with E-state index in [9.17, 15) is 0 Å². The molecule has 2 nitrogen and oxygen atoms in total. The van der Waals surface area contributed by atoms with Gasteiger partial charge in [0.1, 0.15) is 0 Å². The number of fused-ring (bicyclic) bond motifs is 1. The van der Waals surface area contributed by atoms with Gasteiger partial charge in [-0.15, -0.1) is 0 Å². The molecule has 0 aromatic heterocycles. The summed E-state index contributed by atoms with van der Waals surface area (Å²) in [5.41, 5.74) is 5.04. The van der Waals surface area contributed by atoms with Gasteiger partial charge in [-0.1, -0.05) is 0 Å². The smallest absolute Gasteiger partial charge is 1.00 e. The number of hydrogen-bond acceptors (Lipinski definition) is 2. The van der Waals surface area contributed by atoms with E-state index in [0.29, 0.717) is 0 Å². The van der Waals surface area contributed by atoms with Gasteiger partial charge in [0, 0.05) is 0 Å². The van der Waals surface area contributed by atoms with Crippen molar-refractivity contribution in [1.82, 2.24) is 4.90 Å². The van der Waals surface area contributed by atoms with Gasteiger partial charge in [-0.2, -0.15) is 0 Å². The van der Waals surface area contributed by atoms with E-state index in [2.05, 4.69) is 81.4 Å². The van der Waals surface area contributed by atoms with E-state index < -0.39 is 0 Å². The Morgan fingerprint density at radius 3 is 2.42 bits per heavy atom. The molecule has 137 valence electrons. The average Bonchev–Trinajstić information content (AvgIpc) is 3.01. The molecular weight excluding hydrogens is 401 g/mol. The summed E-state index contributed by atoms with van der Waals surface area (Å²) in [4.78, 5) is 2.21. The zero-order valence-electron chi connectivity index (χ0n) is 15.6. The van der Waals surface area contributed by atoms with Crippen LogP contribution in [0.15, 0.2) is 54.1 Å². The van der Waals surface area contributed by atoms with Crippen molar-refractivity contribution < 1.29 is 49.0 Å². The number of hydrogen-bond donors (Lipinski definition) is 0. The molecule has 2 aromatic carbocycles. The van der Waals surface area contributed by atoms with E-state index in [-0.39, 0.29) is 30.4 Å².